The van der Waals surface area contributed by atoms with Crippen molar-refractivity contribution in [1.29, 1.82) is 0 Å². The summed E-state index contributed by atoms with van der Waals surface area (Å²) in [6.07, 6.45) is 0.229. The Labute approximate surface area is 137 Å². The number of carbonyl (C=O) groups excluding carboxylic acids is 1. The second-order valence-electron chi connectivity index (χ2n) is 5.02. The summed E-state index contributed by atoms with van der Waals surface area (Å²) < 4.78 is 5.67. The largest absolute Gasteiger partial charge is 0.461 e. The van der Waals surface area contributed by atoms with Gasteiger partial charge in [-0.2, -0.15) is 0 Å². The molecular weight excluding hydrogens is 321 g/mol. The van der Waals surface area contributed by atoms with Crippen LogP contribution in [-0.2, 0) is 11.2 Å². The van der Waals surface area contributed by atoms with Crippen molar-refractivity contribution < 1.29 is 9.21 Å². The minimum absolute atomic E-state index is 0.145. The zero-order valence-corrected chi connectivity index (χ0v) is 13.3. The van der Waals surface area contributed by atoms with Crippen molar-refractivity contribution in [2.45, 2.75) is 13.3 Å². The normalized spacial score (nSPS) is 10.9. The molecule has 0 aliphatic carbocycles. The van der Waals surface area contributed by atoms with Crippen molar-refractivity contribution in [2.75, 3.05) is 5.32 Å². The van der Waals surface area contributed by atoms with Gasteiger partial charge in [-0.1, -0.05) is 41.4 Å². The predicted octanol–water partition coefficient (Wildman–Crippen LogP) is 5.23. The zero-order valence-electron chi connectivity index (χ0n) is 11.8. The van der Waals surface area contributed by atoms with Gasteiger partial charge < -0.3 is 9.73 Å². The van der Waals surface area contributed by atoms with Crippen molar-refractivity contribution in [3.8, 4) is 0 Å². The molecule has 1 heterocycles. The number of carbonyl (C=O) groups is 1. The lowest BCUT2D eigenvalue weighted by Crippen LogP contribution is -2.14. The highest BCUT2D eigenvalue weighted by atomic mass is 35.5. The quantitative estimate of drug-likeness (QED) is 0.713. The van der Waals surface area contributed by atoms with Gasteiger partial charge in [0.1, 0.15) is 11.3 Å². The number of hydrogen-bond acceptors (Lipinski definition) is 2. The van der Waals surface area contributed by atoms with Crippen LogP contribution in [0.5, 0.6) is 0 Å². The maximum Gasteiger partial charge on any atom is 0.228 e. The Kier molecular flexibility index (Phi) is 4.10. The SMILES string of the molecule is Cc1oc2ccccc2c1CC(=O)Nc1cc(Cl)cc(Cl)c1. The van der Waals surface area contributed by atoms with Crippen LogP contribution in [0.4, 0.5) is 5.69 Å². The third kappa shape index (κ3) is 3.11. The van der Waals surface area contributed by atoms with Crippen LogP contribution in [0.3, 0.4) is 0 Å². The van der Waals surface area contributed by atoms with E-state index in [1.165, 1.54) is 0 Å². The minimum Gasteiger partial charge on any atom is -0.461 e. The van der Waals surface area contributed by atoms with Crippen LogP contribution in [0.15, 0.2) is 46.9 Å². The van der Waals surface area contributed by atoms with E-state index in [1.807, 2.05) is 31.2 Å². The molecule has 22 heavy (non-hydrogen) atoms. The van der Waals surface area contributed by atoms with E-state index in [0.717, 1.165) is 22.3 Å². The number of aryl methyl sites for hydroxylation is 1. The molecule has 3 rings (SSSR count). The van der Waals surface area contributed by atoms with E-state index in [9.17, 15) is 4.79 Å². The van der Waals surface area contributed by atoms with Gasteiger partial charge in [-0.05, 0) is 31.2 Å². The molecule has 3 aromatic rings. The average Bonchev–Trinajstić information content (AvgIpc) is 2.74. The molecule has 0 unspecified atom stereocenters. The highest BCUT2D eigenvalue weighted by Gasteiger charge is 2.14. The number of nitrogens with one attached hydrogen (secondary N) is 1. The maximum absolute atomic E-state index is 12.3. The van der Waals surface area contributed by atoms with Gasteiger partial charge in [0, 0.05) is 26.7 Å². The zero-order chi connectivity index (χ0) is 15.7. The number of benzene rings is 2. The van der Waals surface area contributed by atoms with Crippen molar-refractivity contribution in [3.05, 3.63) is 63.8 Å². The summed E-state index contributed by atoms with van der Waals surface area (Å²) in [5.74, 6) is 0.605. The maximum atomic E-state index is 12.3. The molecule has 0 fully saturated rings. The number of para-hydroxylation sites is 1. The number of amides is 1. The molecule has 0 bridgehead atoms. The number of hydrogen-bond donors (Lipinski definition) is 1. The second-order valence-corrected chi connectivity index (χ2v) is 5.89. The fraction of sp³-hybridized carbons (Fsp3) is 0.118. The summed E-state index contributed by atoms with van der Waals surface area (Å²) in [4.78, 5) is 12.3. The minimum atomic E-state index is -0.145. The molecule has 2 aromatic carbocycles. The monoisotopic (exact) mass is 333 g/mol. The summed E-state index contributed by atoms with van der Waals surface area (Å²) >= 11 is 11.9. The molecule has 0 radical (unpaired) electrons. The van der Waals surface area contributed by atoms with Crippen molar-refractivity contribution in [2.24, 2.45) is 0 Å². The molecule has 3 nitrogen and oxygen atoms in total. The van der Waals surface area contributed by atoms with E-state index in [-0.39, 0.29) is 12.3 Å². The first-order valence-electron chi connectivity index (χ1n) is 6.76. The molecule has 112 valence electrons. The van der Waals surface area contributed by atoms with E-state index in [4.69, 9.17) is 27.6 Å². The number of halogens is 2. The van der Waals surface area contributed by atoms with Gasteiger partial charge in [0.05, 0.1) is 6.42 Å². The van der Waals surface area contributed by atoms with Gasteiger partial charge in [0.25, 0.3) is 0 Å². The van der Waals surface area contributed by atoms with E-state index in [0.29, 0.717) is 15.7 Å². The molecule has 5 heteroatoms. The standard InChI is InChI=1S/C17H13Cl2NO2/c1-10-15(14-4-2-3-5-16(14)22-10)9-17(21)20-13-7-11(18)6-12(19)8-13/h2-8H,9H2,1H3,(H,20,21). The lowest BCUT2D eigenvalue weighted by Gasteiger charge is -2.06. The Balaban J connectivity index is 1.82. The molecule has 0 aliphatic rings. The molecule has 0 atom stereocenters. The number of fused-ring (bicyclic) bond motifs is 1. The fourth-order valence-corrected chi connectivity index (χ4v) is 2.96. The third-order valence-corrected chi connectivity index (χ3v) is 3.82. The summed E-state index contributed by atoms with van der Waals surface area (Å²) in [6.45, 7) is 1.86. The van der Waals surface area contributed by atoms with Gasteiger partial charge in [-0.15, -0.1) is 0 Å². The first kappa shape index (κ1) is 14.9. The molecule has 0 saturated carbocycles. The average molecular weight is 334 g/mol. The highest BCUT2D eigenvalue weighted by Crippen LogP contribution is 2.26. The molecule has 1 aromatic heterocycles. The van der Waals surface area contributed by atoms with Crippen LogP contribution in [0.25, 0.3) is 11.0 Å². The summed E-state index contributed by atoms with van der Waals surface area (Å²) in [5.41, 5.74) is 2.25. The van der Waals surface area contributed by atoms with Crippen LogP contribution in [0.2, 0.25) is 10.0 Å². The van der Waals surface area contributed by atoms with E-state index in [2.05, 4.69) is 5.32 Å². The molecule has 1 N–H and O–H groups in total. The Morgan fingerprint density at radius 3 is 2.55 bits per heavy atom. The first-order chi connectivity index (χ1) is 10.5. The number of furan rings is 1. The molecule has 1 amide bonds. The van der Waals surface area contributed by atoms with Crippen LogP contribution in [0.1, 0.15) is 11.3 Å². The summed E-state index contributed by atoms with van der Waals surface area (Å²) in [7, 11) is 0. The van der Waals surface area contributed by atoms with E-state index >= 15 is 0 Å². The van der Waals surface area contributed by atoms with Gasteiger partial charge in [0.2, 0.25) is 5.91 Å². The van der Waals surface area contributed by atoms with Crippen LogP contribution >= 0.6 is 23.2 Å². The summed E-state index contributed by atoms with van der Waals surface area (Å²) in [5, 5.41) is 4.72. The van der Waals surface area contributed by atoms with Gasteiger partial charge in [0.15, 0.2) is 0 Å². The topological polar surface area (TPSA) is 42.2 Å². The predicted molar refractivity (Wildman–Crippen MR) is 89.7 cm³/mol. The number of rotatable bonds is 3. The Morgan fingerprint density at radius 2 is 1.82 bits per heavy atom. The fourth-order valence-electron chi connectivity index (χ4n) is 2.43. The van der Waals surface area contributed by atoms with Crippen LogP contribution in [0, 0.1) is 6.92 Å². The van der Waals surface area contributed by atoms with Crippen molar-refractivity contribution in [1.82, 2.24) is 0 Å². The first-order valence-corrected chi connectivity index (χ1v) is 7.51. The molecule has 0 aliphatic heterocycles. The van der Waals surface area contributed by atoms with Gasteiger partial charge >= 0.3 is 0 Å². The van der Waals surface area contributed by atoms with Crippen molar-refractivity contribution in [3.63, 3.8) is 0 Å². The number of anilines is 1. The lowest BCUT2D eigenvalue weighted by atomic mass is 10.1. The lowest BCUT2D eigenvalue weighted by molar-refractivity contribution is -0.115. The molecule has 0 spiro atoms. The van der Waals surface area contributed by atoms with E-state index in [1.54, 1.807) is 18.2 Å². The van der Waals surface area contributed by atoms with Crippen molar-refractivity contribution >= 4 is 45.8 Å². The third-order valence-electron chi connectivity index (χ3n) is 3.38. The van der Waals surface area contributed by atoms with Crippen LogP contribution in [-0.4, -0.2) is 5.91 Å². The molecular formula is C17H13Cl2NO2. The Morgan fingerprint density at radius 1 is 1.14 bits per heavy atom. The van der Waals surface area contributed by atoms with Crippen LogP contribution < -0.4 is 5.32 Å². The smallest absolute Gasteiger partial charge is 0.228 e. The highest BCUT2D eigenvalue weighted by molar-refractivity contribution is 6.35. The van der Waals surface area contributed by atoms with Gasteiger partial charge in [-0.25, -0.2) is 0 Å². The summed E-state index contributed by atoms with van der Waals surface area (Å²) in [6, 6.07) is 12.6. The van der Waals surface area contributed by atoms with Gasteiger partial charge in [-0.3, -0.25) is 4.79 Å². The second kappa shape index (κ2) is 6.03. The Bertz CT molecular complexity index is 835. The molecule has 0 saturated heterocycles. The Hall–Kier alpha value is -1.97. The van der Waals surface area contributed by atoms with E-state index < -0.39 is 0 Å².